The van der Waals surface area contributed by atoms with Crippen LogP contribution in [0.3, 0.4) is 0 Å². The third-order valence-electron chi connectivity index (χ3n) is 3.16. The number of nitrogens with zero attached hydrogens (tertiary/aromatic N) is 3. The Morgan fingerprint density at radius 3 is 2.60 bits per heavy atom. The summed E-state index contributed by atoms with van der Waals surface area (Å²) in [4.78, 5) is 0. The number of hydrogen-bond acceptors (Lipinski definition) is 2. The van der Waals surface area contributed by atoms with Gasteiger partial charge in [-0.3, -0.25) is 0 Å². The Balaban J connectivity index is 2.35. The van der Waals surface area contributed by atoms with Gasteiger partial charge in [0.1, 0.15) is 5.69 Å². The molecule has 1 fully saturated rings. The molecule has 0 radical (unpaired) electrons. The lowest BCUT2D eigenvalue weighted by Crippen LogP contribution is -2.11. The van der Waals surface area contributed by atoms with E-state index >= 15 is 0 Å². The fraction of sp³-hybridized carbons (Fsp3) is 0.818. The van der Waals surface area contributed by atoms with Crippen LogP contribution in [-0.4, -0.2) is 15.0 Å². The molecule has 4 heteroatoms. The SMILES string of the molecule is CC(C)n1nnc(CCl)c1C1CCCC1. The molecule has 0 atom stereocenters. The predicted molar refractivity (Wildman–Crippen MR) is 61.2 cm³/mol. The van der Waals surface area contributed by atoms with E-state index in [2.05, 4.69) is 24.2 Å². The molecule has 0 bridgehead atoms. The van der Waals surface area contributed by atoms with Gasteiger partial charge in [0.15, 0.2) is 0 Å². The molecule has 0 spiro atoms. The third-order valence-corrected chi connectivity index (χ3v) is 3.42. The molecule has 2 rings (SSSR count). The molecule has 0 saturated heterocycles. The molecular formula is C11H18ClN3. The third kappa shape index (κ3) is 2.03. The summed E-state index contributed by atoms with van der Waals surface area (Å²) in [6.45, 7) is 4.29. The monoisotopic (exact) mass is 227 g/mol. The Kier molecular flexibility index (Phi) is 3.29. The zero-order valence-corrected chi connectivity index (χ0v) is 10.2. The first-order valence-electron chi connectivity index (χ1n) is 5.74. The quantitative estimate of drug-likeness (QED) is 0.743. The van der Waals surface area contributed by atoms with E-state index in [0.717, 1.165) is 5.69 Å². The Morgan fingerprint density at radius 2 is 2.07 bits per heavy atom. The molecule has 3 nitrogen and oxygen atoms in total. The second kappa shape index (κ2) is 4.52. The molecule has 1 saturated carbocycles. The van der Waals surface area contributed by atoms with Gasteiger partial charge in [-0.1, -0.05) is 18.1 Å². The highest BCUT2D eigenvalue weighted by Crippen LogP contribution is 2.36. The van der Waals surface area contributed by atoms with Crippen molar-refractivity contribution >= 4 is 11.6 Å². The molecule has 1 aromatic heterocycles. The van der Waals surface area contributed by atoms with Crippen molar-refractivity contribution in [2.45, 2.75) is 57.4 Å². The van der Waals surface area contributed by atoms with E-state index < -0.39 is 0 Å². The molecule has 15 heavy (non-hydrogen) atoms. The van der Waals surface area contributed by atoms with E-state index in [-0.39, 0.29) is 0 Å². The molecule has 0 amide bonds. The number of alkyl halides is 1. The van der Waals surface area contributed by atoms with Crippen LogP contribution in [-0.2, 0) is 5.88 Å². The lowest BCUT2D eigenvalue weighted by molar-refractivity contribution is 0.473. The van der Waals surface area contributed by atoms with Crippen LogP contribution in [0.25, 0.3) is 0 Å². The summed E-state index contributed by atoms with van der Waals surface area (Å²) in [5.74, 6) is 1.12. The Labute approximate surface area is 95.8 Å². The van der Waals surface area contributed by atoms with E-state index in [1.807, 2.05) is 4.68 Å². The fourth-order valence-electron chi connectivity index (χ4n) is 2.43. The lowest BCUT2D eigenvalue weighted by atomic mass is 10.0. The van der Waals surface area contributed by atoms with Crippen LogP contribution in [0.1, 0.15) is 62.9 Å². The van der Waals surface area contributed by atoms with Gasteiger partial charge in [-0.25, -0.2) is 4.68 Å². The van der Waals surface area contributed by atoms with Crippen molar-refractivity contribution in [1.29, 1.82) is 0 Å². The van der Waals surface area contributed by atoms with Crippen LogP contribution >= 0.6 is 11.6 Å². The number of halogens is 1. The average molecular weight is 228 g/mol. The van der Waals surface area contributed by atoms with Crippen molar-refractivity contribution in [2.75, 3.05) is 0 Å². The topological polar surface area (TPSA) is 30.7 Å². The van der Waals surface area contributed by atoms with Gasteiger partial charge in [-0.05, 0) is 26.7 Å². The van der Waals surface area contributed by atoms with Crippen LogP contribution < -0.4 is 0 Å². The van der Waals surface area contributed by atoms with Gasteiger partial charge < -0.3 is 0 Å². The van der Waals surface area contributed by atoms with Gasteiger partial charge in [0, 0.05) is 12.0 Å². The van der Waals surface area contributed by atoms with Gasteiger partial charge in [-0.15, -0.1) is 16.7 Å². The molecular weight excluding hydrogens is 210 g/mol. The second-order valence-corrected chi connectivity index (χ2v) is 4.84. The molecule has 1 aromatic rings. The van der Waals surface area contributed by atoms with Gasteiger partial charge in [0.05, 0.1) is 11.6 Å². The summed E-state index contributed by atoms with van der Waals surface area (Å²) in [7, 11) is 0. The number of aromatic nitrogens is 3. The van der Waals surface area contributed by atoms with Crippen LogP contribution in [0.15, 0.2) is 0 Å². The largest absolute Gasteiger partial charge is 0.246 e. The van der Waals surface area contributed by atoms with Gasteiger partial charge in [-0.2, -0.15) is 0 Å². The maximum atomic E-state index is 5.91. The molecule has 1 aliphatic rings. The summed E-state index contributed by atoms with van der Waals surface area (Å²) in [6, 6.07) is 0.380. The highest BCUT2D eigenvalue weighted by atomic mass is 35.5. The predicted octanol–water partition coefficient (Wildman–Crippen LogP) is 3.26. The Morgan fingerprint density at radius 1 is 1.40 bits per heavy atom. The first kappa shape index (κ1) is 10.9. The summed E-state index contributed by atoms with van der Waals surface area (Å²) < 4.78 is 2.05. The van der Waals surface area contributed by atoms with Crippen molar-refractivity contribution < 1.29 is 0 Å². The highest BCUT2D eigenvalue weighted by Gasteiger charge is 2.25. The van der Waals surface area contributed by atoms with Crippen LogP contribution in [0.2, 0.25) is 0 Å². The van der Waals surface area contributed by atoms with Crippen molar-refractivity contribution in [3.8, 4) is 0 Å². The van der Waals surface area contributed by atoms with Gasteiger partial charge >= 0.3 is 0 Å². The minimum atomic E-state index is 0.380. The van der Waals surface area contributed by atoms with Gasteiger partial charge in [0.25, 0.3) is 0 Å². The van der Waals surface area contributed by atoms with Crippen molar-refractivity contribution in [1.82, 2.24) is 15.0 Å². The number of rotatable bonds is 3. The highest BCUT2D eigenvalue weighted by molar-refractivity contribution is 6.16. The Bertz CT molecular complexity index is 327. The maximum Gasteiger partial charge on any atom is 0.101 e. The van der Waals surface area contributed by atoms with Crippen molar-refractivity contribution in [3.05, 3.63) is 11.4 Å². The molecule has 0 unspecified atom stereocenters. The van der Waals surface area contributed by atoms with Gasteiger partial charge in [0.2, 0.25) is 0 Å². The first-order chi connectivity index (χ1) is 7.24. The fourth-order valence-corrected chi connectivity index (χ4v) is 2.62. The van der Waals surface area contributed by atoms with E-state index in [1.54, 1.807) is 0 Å². The van der Waals surface area contributed by atoms with Crippen LogP contribution in [0.5, 0.6) is 0 Å². The molecule has 84 valence electrons. The van der Waals surface area contributed by atoms with E-state index in [9.17, 15) is 0 Å². The van der Waals surface area contributed by atoms with Crippen molar-refractivity contribution in [3.63, 3.8) is 0 Å². The minimum Gasteiger partial charge on any atom is -0.246 e. The Hall–Kier alpha value is -0.570. The molecule has 1 heterocycles. The van der Waals surface area contributed by atoms with E-state index in [4.69, 9.17) is 11.6 Å². The molecule has 1 aliphatic carbocycles. The summed E-state index contributed by atoms with van der Waals surface area (Å²) in [5, 5.41) is 8.39. The summed E-state index contributed by atoms with van der Waals surface area (Å²) in [6.07, 6.45) is 5.19. The summed E-state index contributed by atoms with van der Waals surface area (Å²) >= 11 is 5.91. The standard InChI is InChI=1S/C11H18ClN3/c1-8(2)15-11(9-5-3-4-6-9)10(7-12)13-14-15/h8-9H,3-7H2,1-2H3. The second-order valence-electron chi connectivity index (χ2n) is 4.57. The van der Waals surface area contributed by atoms with E-state index in [0.29, 0.717) is 17.8 Å². The lowest BCUT2D eigenvalue weighted by Gasteiger charge is -2.15. The van der Waals surface area contributed by atoms with Crippen molar-refractivity contribution in [2.24, 2.45) is 0 Å². The first-order valence-corrected chi connectivity index (χ1v) is 6.27. The summed E-state index contributed by atoms with van der Waals surface area (Å²) in [5.41, 5.74) is 2.27. The maximum absolute atomic E-state index is 5.91. The zero-order chi connectivity index (χ0) is 10.8. The molecule has 0 aromatic carbocycles. The normalized spacial score (nSPS) is 17.9. The van der Waals surface area contributed by atoms with E-state index in [1.165, 1.54) is 31.4 Å². The van der Waals surface area contributed by atoms with Crippen LogP contribution in [0, 0.1) is 0 Å². The smallest absolute Gasteiger partial charge is 0.101 e. The minimum absolute atomic E-state index is 0.380. The average Bonchev–Trinajstić information content (AvgIpc) is 2.85. The molecule has 0 aliphatic heterocycles. The van der Waals surface area contributed by atoms with Crippen LogP contribution in [0.4, 0.5) is 0 Å². The zero-order valence-electron chi connectivity index (χ0n) is 9.41. The molecule has 0 N–H and O–H groups in total. The number of hydrogen-bond donors (Lipinski definition) is 0.